The van der Waals surface area contributed by atoms with Crippen LogP contribution in [0.15, 0.2) is 24.3 Å². The normalized spacial score (nSPS) is 10.5. The molecule has 16 heavy (non-hydrogen) atoms. The number of methoxy groups -OCH3 is 2. The molecule has 0 saturated heterocycles. The van der Waals surface area contributed by atoms with Gasteiger partial charge in [0.25, 0.3) is 0 Å². The van der Waals surface area contributed by atoms with Gasteiger partial charge in [-0.3, -0.25) is 0 Å². The minimum atomic E-state index is -0.520. The van der Waals surface area contributed by atoms with E-state index in [9.17, 15) is 4.79 Å². The molecule has 0 atom stereocenters. The van der Waals surface area contributed by atoms with Crippen LogP contribution in [-0.2, 0) is 14.2 Å². The van der Waals surface area contributed by atoms with Crippen molar-refractivity contribution in [3.63, 3.8) is 0 Å². The van der Waals surface area contributed by atoms with Crippen molar-refractivity contribution >= 4 is 5.97 Å². The van der Waals surface area contributed by atoms with E-state index in [1.54, 1.807) is 12.1 Å². The van der Waals surface area contributed by atoms with Crippen molar-refractivity contribution in [3.8, 4) is 0 Å². The molecule has 0 bridgehead atoms. The number of esters is 1. The lowest BCUT2D eigenvalue weighted by molar-refractivity contribution is -0.129. The van der Waals surface area contributed by atoms with E-state index in [0.29, 0.717) is 5.56 Å². The zero-order chi connectivity index (χ0) is 12.0. The maximum absolute atomic E-state index is 11.7. The van der Waals surface area contributed by atoms with E-state index in [0.717, 1.165) is 5.56 Å². The second-order valence-corrected chi connectivity index (χ2v) is 3.31. The first-order valence-electron chi connectivity index (χ1n) is 4.97. The van der Waals surface area contributed by atoms with Crippen molar-refractivity contribution in [2.75, 3.05) is 20.8 Å². The lowest BCUT2D eigenvalue weighted by Gasteiger charge is -2.13. The number of rotatable bonds is 5. The number of aryl methyl sites for hydroxylation is 1. The van der Waals surface area contributed by atoms with Crippen LogP contribution in [0.2, 0.25) is 0 Å². The van der Waals surface area contributed by atoms with E-state index in [4.69, 9.17) is 14.2 Å². The predicted molar refractivity (Wildman–Crippen MR) is 59.3 cm³/mol. The van der Waals surface area contributed by atoms with Crippen molar-refractivity contribution in [3.05, 3.63) is 35.4 Å². The summed E-state index contributed by atoms with van der Waals surface area (Å²) in [5.41, 5.74) is 1.45. The molecule has 0 unspecified atom stereocenters. The molecule has 4 nitrogen and oxygen atoms in total. The summed E-state index contributed by atoms with van der Waals surface area (Å²) in [4.78, 5) is 11.7. The standard InChI is InChI=1S/C12H16O4/c1-9-6-4-5-7-10(9)12(13)16-8-11(14-2)15-3/h4-7,11H,8H2,1-3H3. The third-order valence-electron chi connectivity index (χ3n) is 2.24. The number of carbonyl (C=O) groups is 1. The van der Waals surface area contributed by atoms with Crippen LogP contribution in [0.4, 0.5) is 0 Å². The molecule has 4 heteroatoms. The Hall–Kier alpha value is -1.39. The Morgan fingerprint density at radius 2 is 1.88 bits per heavy atom. The first-order chi connectivity index (χ1) is 7.69. The van der Waals surface area contributed by atoms with Crippen LogP contribution in [0.5, 0.6) is 0 Å². The molecule has 0 aliphatic carbocycles. The summed E-state index contributed by atoms with van der Waals surface area (Å²) < 4.78 is 14.9. The summed E-state index contributed by atoms with van der Waals surface area (Å²) in [6.07, 6.45) is -0.520. The fourth-order valence-corrected chi connectivity index (χ4v) is 1.26. The molecule has 0 amide bonds. The molecule has 88 valence electrons. The van der Waals surface area contributed by atoms with E-state index in [-0.39, 0.29) is 12.6 Å². The van der Waals surface area contributed by atoms with E-state index >= 15 is 0 Å². The summed E-state index contributed by atoms with van der Waals surface area (Å²) in [6, 6.07) is 7.26. The monoisotopic (exact) mass is 224 g/mol. The minimum Gasteiger partial charge on any atom is -0.457 e. The molecule has 1 aromatic rings. The van der Waals surface area contributed by atoms with Gasteiger partial charge in [0, 0.05) is 14.2 Å². The van der Waals surface area contributed by atoms with Crippen LogP contribution in [0.1, 0.15) is 15.9 Å². The van der Waals surface area contributed by atoms with Crippen LogP contribution >= 0.6 is 0 Å². The van der Waals surface area contributed by atoms with Gasteiger partial charge in [-0.15, -0.1) is 0 Å². The Morgan fingerprint density at radius 3 is 2.44 bits per heavy atom. The van der Waals surface area contributed by atoms with E-state index in [1.165, 1.54) is 14.2 Å². The van der Waals surface area contributed by atoms with Gasteiger partial charge in [0.1, 0.15) is 6.61 Å². The Kier molecular flexibility index (Phi) is 4.95. The summed E-state index contributed by atoms with van der Waals surface area (Å²) in [7, 11) is 2.99. The van der Waals surface area contributed by atoms with Crippen molar-refractivity contribution in [1.82, 2.24) is 0 Å². The molecule has 0 N–H and O–H groups in total. The van der Waals surface area contributed by atoms with Gasteiger partial charge in [0.2, 0.25) is 0 Å². The lowest BCUT2D eigenvalue weighted by Crippen LogP contribution is -2.22. The van der Waals surface area contributed by atoms with Gasteiger partial charge < -0.3 is 14.2 Å². The number of hydrogen-bond donors (Lipinski definition) is 0. The summed E-state index contributed by atoms with van der Waals surface area (Å²) >= 11 is 0. The summed E-state index contributed by atoms with van der Waals surface area (Å²) in [6.45, 7) is 1.95. The predicted octanol–water partition coefficient (Wildman–Crippen LogP) is 1.77. The third kappa shape index (κ3) is 3.32. The highest BCUT2D eigenvalue weighted by Crippen LogP contribution is 2.09. The quantitative estimate of drug-likeness (QED) is 0.565. The van der Waals surface area contributed by atoms with Crippen LogP contribution in [-0.4, -0.2) is 33.1 Å². The van der Waals surface area contributed by atoms with Gasteiger partial charge >= 0.3 is 5.97 Å². The molecule has 0 spiro atoms. The number of hydrogen-bond acceptors (Lipinski definition) is 4. The molecule has 0 aliphatic heterocycles. The number of benzene rings is 1. The molecule has 0 radical (unpaired) electrons. The summed E-state index contributed by atoms with van der Waals surface area (Å²) in [5, 5.41) is 0. The van der Waals surface area contributed by atoms with Crippen LogP contribution < -0.4 is 0 Å². The van der Waals surface area contributed by atoms with Crippen LogP contribution in [0.25, 0.3) is 0 Å². The first-order valence-corrected chi connectivity index (χ1v) is 4.97. The molecule has 0 saturated carbocycles. The van der Waals surface area contributed by atoms with E-state index in [2.05, 4.69) is 0 Å². The van der Waals surface area contributed by atoms with Crippen molar-refractivity contribution < 1.29 is 19.0 Å². The molecule has 1 rings (SSSR count). The molecular formula is C12H16O4. The molecular weight excluding hydrogens is 208 g/mol. The second-order valence-electron chi connectivity index (χ2n) is 3.31. The van der Waals surface area contributed by atoms with Gasteiger partial charge in [0.15, 0.2) is 6.29 Å². The maximum atomic E-state index is 11.7. The first kappa shape index (κ1) is 12.7. The van der Waals surface area contributed by atoms with Crippen LogP contribution in [0.3, 0.4) is 0 Å². The minimum absolute atomic E-state index is 0.0835. The average molecular weight is 224 g/mol. The van der Waals surface area contributed by atoms with Crippen molar-refractivity contribution in [1.29, 1.82) is 0 Å². The van der Waals surface area contributed by atoms with Gasteiger partial charge in [-0.2, -0.15) is 0 Å². The Bertz CT molecular complexity index is 345. The van der Waals surface area contributed by atoms with Crippen molar-refractivity contribution in [2.24, 2.45) is 0 Å². The highest BCUT2D eigenvalue weighted by Gasteiger charge is 2.13. The second kappa shape index (κ2) is 6.25. The fraction of sp³-hybridized carbons (Fsp3) is 0.417. The molecule has 1 aromatic carbocycles. The van der Waals surface area contributed by atoms with E-state index < -0.39 is 6.29 Å². The topological polar surface area (TPSA) is 44.8 Å². The Balaban J connectivity index is 2.56. The van der Waals surface area contributed by atoms with Crippen LogP contribution in [0, 0.1) is 6.92 Å². The van der Waals surface area contributed by atoms with Gasteiger partial charge in [0.05, 0.1) is 5.56 Å². The molecule has 0 aliphatic rings. The average Bonchev–Trinajstić information content (AvgIpc) is 2.30. The van der Waals surface area contributed by atoms with Gasteiger partial charge in [-0.1, -0.05) is 18.2 Å². The fourth-order valence-electron chi connectivity index (χ4n) is 1.26. The third-order valence-corrected chi connectivity index (χ3v) is 2.24. The molecule has 0 aromatic heterocycles. The summed E-state index contributed by atoms with van der Waals surface area (Å²) in [5.74, 6) is -0.364. The van der Waals surface area contributed by atoms with Gasteiger partial charge in [-0.05, 0) is 18.6 Å². The smallest absolute Gasteiger partial charge is 0.338 e. The number of carbonyl (C=O) groups excluding carboxylic acids is 1. The zero-order valence-corrected chi connectivity index (χ0v) is 9.73. The highest BCUT2D eigenvalue weighted by molar-refractivity contribution is 5.90. The molecule has 0 fully saturated rings. The highest BCUT2D eigenvalue weighted by atomic mass is 16.7. The Morgan fingerprint density at radius 1 is 1.25 bits per heavy atom. The maximum Gasteiger partial charge on any atom is 0.338 e. The SMILES string of the molecule is COC(COC(=O)c1ccccc1C)OC. The van der Waals surface area contributed by atoms with E-state index in [1.807, 2.05) is 19.1 Å². The largest absolute Gasteiger partial charge is 0.457 e. The van der Waals surface area contributed by atoms with Crippen molar-refractivity contribution in [2.45, 2.75) is 13.2 Å². The molecule has 0 heterocycles. The lowest BCUT2D eigenvalue weighted by atomic mass is 10.1. The zero-order valence-electron chi connectivity index (χ0n) is 9.73. The Labute approximate surface area is 95.1 Å². The van der Waals surface area contributed by atoms with Gasteiger partial charge in [-0.25, -0.2) is 4.79 Å². The number of ether oxygens (including phenoxy) is 3.